The summed E-state index contributed by atoms with van der Waals surface area (Å²) < 4.78 is 1.09. The Morgan fingerprint density at radius 1 is 1.30 bits per heavy atom. The number of hydrazine groups is 1. The molecule has 20 heavy (non-hydrogen) atoms. The van der Waals surface area contributed by atoms with Crippen molar-refractivity contribution < 1.29 is 4.79 Å². The van der Waals surface area contributed by atoms with Gasteiger partial charge < -0.3 is 0 Å². The average Bonchev–Trinajstić information content (AvgIpc) is 2.47. The number of aromatic nitrogens is 2. The molecule has 0 aliphatic carbocycles. The van der Waals surface area contributed by atoms with Crippen LogP contribution in [0.15, 0.2) is 41.2 Å². The molecule has 7 heteroatoms. The van der Waals surface area contributed by atoms with Crippen molar-refractivity contribution in [3.05, 3.63) is 51.8 Å². The van der Waals surface area contributed by atoms with Gasteiger partial charge in [0, 0.05) is 16.7 Å². The summed E-state index contributed by atoms with van der Waals surface area (Å²) in [5, 5.41) is 4.80. The molecular weight excluding hydrogens is 280 g/mol. The number of carbonyl (C=O) groups is 1. The molecule has 104 valence electrons. The number of carbonyl (C=O) groups excluding carboxylic acids is 1. The molecule has 6 nitrogen and oxygen atoms in total. The number of nitrogens with one attached hydrogen (secondary N) is 1. The molecule has 0 aliphatic rings. The fourth-order valence-corrected chi connectivity index (χ4v) is 1.83. The van der Waals surface area contributed by atoms with Crippen molar-refractivity contribution in [3.8, 4) is 11.3 Å². The van der Waals surface area contributed by atoms with Crippen LogP contribution in [-0.2, 0) is 4.79 Å². The number of nitrogens with two attached hydrogens (primary N) is 1. The molecular formula is C13H13ClN4O2. The van der Waals surface area contributed by atoms with Gasteiger partial charge in [0.2, 0.25) is 0 Å². The number of hydrogen-bond acceptors (Lipinski definition) is 4. The molecule has 0 fully saturated rings. The standard InChI is InChI=1S/C13H13ClN4O2/c1-8(13(20)16-15)18-12(19)7-6-11(17-18)9-2-4-10(14)5-3-9/h2-8H,15H2,1H3,(H,16,20). The summed E-state index contributed by atoms with van der Waals surface area (Å²) in [5.74, 6) is 4.58. The van der Waals surface area contributed by atoms with Gasteiger partial charge in [0.15, 0.2) is 0 Å². The topological polar surface area (TPSA) is 90.0 Å². The van der Waals surface area contributed by atoms with Crippen LogP contribution in [0, 0.1) is 0 Å². The van der Waals surface area contributed by atoms with E-state index >= 15 is 0 Å². The Morgan fingerprint density at radius 3 is 2.55 bits per heavy atom. The second kappa shape index (κ2) is 5.85. The van der Waals surface area contributed by atoms with Crippen molar-refractivity contribution in [1.29, 1.82) is 0 Å². The molecule has 3 N–H and O–H groups in total. The van der Waals surface area contributed by atoms with Crippen LogP contribution in [-0.4, -0.2) is 15.7 Å². The summed E-state index contributed by atoms with van der Waals surface area (Å²) in [7, 11) is 0. The number of amides is 1. The normalized spacial score (nSPS) is 11.9. The molecule has 1 atom stereocenters. The van der Waals surface area contributed by atoms with E-state index in [2.05, 4.69) is 5.10 Å². The maximum absolute atomic E-state index is 11.8. The molecule has 1 amide bonds. The van der Waals surface area contributed by atoms with Crippen molar-refractivity contribution in [2.45, 2.75) is 13.0 Å². The Kier molecular flexibility index (Phi) is 4.16. The van der Waals surface area contributed by atoms with E-state index in [0.29, 0.717) is 10.7 Å². The lowest BCUT2D eigenvalue weighted by atomic mass is 10.1. The summed E-state index contributed by atoms with van der Waals surface area (Å²) in [5.41, 5.74) is 2.99. The van der Waals surface area contributed by atoms with Crippen molar-refractivity contribution in [3.63, 3.8) is 0 Å². The van der Waals surface area contributed by atoms with Gasteiger partial charge in [-0.15, -0.1) is 0 Å². The first-order valence-corrected chi connectivity index (χ1v) is 6.27. The van der Waals surface area contributed by atoms with Gasteiger partial charge in [-0.3, -0.25) is 15.0 Å². The van der Waals surface area contributed by atoms with Crippen molar-refractivity contribution in [1.82, 2.24) is 15.2 Å². The van der Waals surface area contributed by atoms with Crippen molar-refractivity contribution in [2.75, 3.05) is 0 Å². The molecule has 2 rings (SSSR count). The Bertz CT molecular complexity index is 682. The van der Waals surface area contributed by atoms with Crippen LogP contribution in [0.2, 0.25) is 5.02 Å². The summed E-state index contributed by atoms with van der Waals surface area (Å²) in [6.07, 6.45) is 0. The van der Waals surface area contributed by atoms with Crippen molar-refractivity contribution in [2.24, 2.45) is 5.84 Å². The summed E-state index contributed by atoms with van der Waals surface area (Å²) in [6.45, 7) is 1.54. The van der Waals surface area contributed by atoms with Crippen LogP contribution in [0.25, 0.3) is 11.3 Å². The molecule has 0 saturated carbocycles. The second-order valence-electron chi connectivity index (χ2n) is 4.19. The third-order valence-electron chi connectivity index (χ3n) is 2.85. The second-order valence-corrected chi connectivity index (χ2v) is 4.63. The molecule has 2 aromatic rings. The maximum atomic E-state index is 11.8. The molecule has 0 saturated heterocycles. The highest BCUT2D eigenvalue weighted by atomic mass is 35.5. The third-order valence-corrected chi connectivity index (χ3v) is 3.11. The van der Waals surface area contributed by atoms with E-state index in [-0.39, 0.29) is 5.56 Å². The van der Waals surface area contributed by atoms with Gasteiger partial charge in [-0.1, -0.05) is 23.7 Å². The fourth-order valence-electron chi connectivity index (χ4n) is 1.71. The first kappa shape index (κ1) is 14.2. The summed E-state index contributed by atoms with van der Waals surface area (Å²) >= 11 is 5.82. The quantitative estimate of drug-likeness (QED) is 0.504. The van der Waals surface area contributed by atoms with E-state index in [1.54, 1.807) is 37.3 Å². The SMILES string of the molecule is CC(C(=O)NN)n1nc(-c2ccc(Cl)cc2)ccc1=O. The predicted octanol–water partition coefficient (Wildman–Crippen LogP) is 1.11. The van der Waals surface area contributed by atoms with E-state index in [4.69, 9.17) is 17.4 Å². The zero-order valence-corrected chi connectivity index (χ0v) is 11.5. The highest BCUT2D eigenvalue weighted by Gasteiger charge is 2.16. The first-order chi connectivity index (χ1) is 9.52. The molecule has 1 heterocycles. The number of halogens is 1. The lowest BCUT2D eigenvalue weighted by molar-refractivity contribution is -0.124. The molecule has 0 spiro atoms. The van der Waals surface area contributed by atoms with Gasteiger partial charge in [0.25, 0.3) is 11.5 Å². The Morgan fingerprint density at radius 2 is 1.95 bits per heavy atom. The molecule has 0 radical (unpaired) electrons. The summed E-state index contributed by atoms with van der Waals surface area (Å²) in [6, 6.07) is 9.18. The van der Waals surface area contributed by atoms with E-state index in [1.165, 1.54) is 6.07 Å². The van der Waals surface area contributed by atoms with Gasteiger partial charge >= 0.3 is 0 Å². The smallest absolute Gasteiger partial charge is 0.267 e. The zero-order chi connectivity index (χ0) is 14.7. The monoisotopic (exact) mass is 292 g/mol. The van der Waals surface area contributed by atoms with Gasteiger partial charge in [-0.2, -0.15) is 5.10 Å². The van der Waals surface area contributed by atoms with Gasteiger partial charge in [0.05, 0.1) is 5.69 Å². The Hall–Kier alpha value is -2.18. The minimum Gasteiger partial charge on any atom is -0.292 e. The average molecular weight is 293 g/mol. The van der Waals surface area contributed by atoms with Crippen LogP contribution in [0.5, 0.6) is 0 Å². The maximum Gasteiger partial charge on any atom is 0.267 e. The zero-order valence-electron chi connectivity index (χ0n) is 10.7. The van der Waals surface area contributed by atoms with E-state index in [1.807, 2.05) is 5.43 Å². The van der Waals surface area contributed by atoms with Gasteiger partial charge in [-0.05, 0) is 25.1 Å². The minimum absolute atomic E-state index is 0.376. The van der Waals surface area contributed by atoms with E-state index in [0.717, 1.165) is 10.2 Å². The largest absolute Gasteiger partial charge is 0.292 e. The number of nitrogens with zero attached hydrogens (tertiary/aromatic N) is 2. The Balaban J connectivity index is 2.45. The van der Waals surface area contributed by atoms with Crippen molar-refractivity contribution >= 4 is 17.5 Å². The van der Waals surface area contributed by atoms with Crippen LogP contribution < -0.4 is 16.8 Å². The third kappa shape index (κ3) is 2.87. The van der Waals surface area contributed by atoms with Crippen LogP contribution in [0.1, 0.15) is 13.0 Å². The van der Waals surface area contributed by atoms with Gasteiger partial charge in [0.1, 0.15) is 6.04 Å². The van der Waals surface area contributed by atoms with E-state index in [9.17, 15) is 9.59 Å². The highest BCUT2D eigenvalue weighted by molar-refractivity contribution is 6.30. The number of benzene rings is 1. The molecule has 1 unspecified atom stereocenters. The summed E-state index contributed by atoms with van der Waals surface area (Å²) in [4.78, 5) is 23.3. The molecule has 1 aromatic carbocycles. The lowest BCUT2D eigenvalue weighted by Crippen LogP contribution is -2.40. The van der Waals surface area contributed by atoms with Crippen LogP contribution in [0.4, 0.5) is 0 Å². The number of rotatable bonds is 3. The predicted molar refractivity (Wildman–Crippen MR) is 76.0 cm³/mol. The molecule has 0 bridgehead atoms. The minimum atomic E-state index is -0.792. The molecule has 1 aromatic heterocycles. The van der Waals surface area contributed by atoms with Gasteiger partial charge in [-0.25, -0.2) is 10.5 Å². The molecule has 0 aliphatic heterocycles. The van der Waals surface area contributed by atoms with Crippen LogP contribution in [0.3, 0.4) is 0 Å². The lowest BCUT2D eigenvalue weighted by Gasteiger charge is -2.13. The van der Waals surface area contributed by atoms with Crippen LogP contribution >= 0.6 is 11.6 Å². The fraction of sp³-hybridized carbons (Fsp3) is 0.154. The Labute approximate surface area is 120 Å². The highest BCUT2D eigenvalue weighted by Crippen LogP contribution is 2.18. The number of hydrogen-bond donors (Lipinski definition) is 2. The van der Waals surface area contributed by atoms with E-state index < -0.39 is 11.9 Å². The first-order valence-electron chi connectivity index (χ1n) is 5.89.